The molecule has 5 aliphatic rings. The predicted octanol–water partition coefficient (Wildman–Crippen LogP) is 8.35. The number of hydrogen-bond donors (Lipinski definition) is 0. The fourth-order valence-electron chi connectivity index (χ4n) is 6.70. The summed E-state index contributed by atoms with van der Waals surface area (Å²) in [6.07, 6.45) is 10.5. The Morgan fingerprint density at radius 1 is 0.774 bits per heavy atom. The summed E-state index contributed by atoms with van der Waals surface area (Å²) in [5.41, 5.74) is 3.95. The Morgan fingerprint density at radius 2 is 1.16 bits per heavy atom. The molecule has 0 saturated heterocycles. The van der Waals surface area contributed by atoms with Gasteiger partial charge in [0.15, 0.2) is 0 Å². The summed E-state index contributed by atoms with van der Waals surface area (Å²) in [5, 5.41) is 1.40. The second-order valence-corrected chi connectivity index (χ2v) is 26.9. The van der Waals surface area contributed by atoms with E-state index in [0.29, 0.717) is 9.85 Å². The number of hydrogen-bond acceptors (Lipinski definition) is 1. The second kappa shape index (κ2) is 11.1. The molecule has 31 heavy (non-hydrogen) atoms. The first-order chi connectivity index (χ1) is 14.2. The van der Waals surface area contributed by atoms with Crippen molar-refractivity contribution < 1.29 is 4.43 Å². The quantitative estimate of drug-likeness (QED) is 0.260. The zero-order chi connectivity index (χ0) is 23.6. The minimum atomic E-state index is -1.51. The van der Waals surface area contributed by atoms with Crippen molar-refractivity contribution in [2.75, 3.05) is 0 Å². The molecule has 1 atom stereocenters. The Kier molecular flexibility index (Phi) is 10.1. The molecule has 1 aliphatic heterocycles. The average Bonchev–Trinajstić information content (AvgIpc) is 2.54. The molecule has 5 rings (SSSR count). The molecule has 1 unspecified atom stereocenters. The molecular formula is C26H52GeOSi3. The minimum absolute atomic E-state index is 0.0432. The van der Waals surface area contributed by atoms with Crippen LogP contribution in [0.3, 0.4) is 0 Å². The molecule has 4 saturated carbocycles. The van der Waals surface area contributed by atoms with E-state index in [4.69, 9.17) is 4.43 Å². The van der Waals surface area contributed by atoms with Gasteiger partial charge in [-0.15, -0.1) is 0 Å². The maximum absolute atomic E-state index is 7.23. The minimum Gasteiger partial charge on any atom is -0.0715 e. The van der Waals surface area contributed by atoms with Crippen LogP contribution in [0.5, 0.6) is 0 Å². The van der Waals surface area contributed by atoms with E-state index in [9.17, 15) is 0 Å². The van der Waals surface area contributed by atoms with Gasteiger partial charge in [0.2, 0.25) is 0 Å². The Balaban J connectivity index is 0.000000370. The van der Waals surface area contributed by atoms with Gasteiger partial charge in [0, 0.05) is 17.6 Å². The van der Waals surface area contributed by atoms with Gasteiger partial charge in [0.25, 0.3) is 0 Å². The summed E-state index contributed by atoms with van der Waals surface area (Å²) in [7, 11) is -1.27. The summed E-state index contributed by atoms with van der Waals surface area (Å²) in [5.74, 6) is 3.13. The van der Waals surface area contributed by atoms with Crippen molar-refractivity contribution in [1.82, 2.24) is 0 Å². The van der Waals surface area contributed by atoms with Crippen LogP contribution in [0.1, 0.15) is 58.8 Å². The summed E-state index contributed by atoms with van der Waals surface area (Å²) in [6, 6.07) is 0. The molecule has 1 nitrogen and oxygen atoms in total. The smallest absolute Gasteiger partial charge is 0.0379 e. The molecule has 178 valence electrons. The van der Waals surface area contributed by atoms with E-state index >= 15 is 0 Å². The van der Waals surface area contributed by atoms with E-state index in [1.165, 1.54) is 30.9 Å². The molecule has 0 aromatic carbocycles. The number of allylic oxidation sites excluding steroid dienone is 1. The first kappa shape index (κ1) is 28.1. The summed E-state index contributed by atoms with van der Waals surface area (Å²) in [4.78, 5) is 0. The fourth-order valence-corrected chi connectivity index (χ4v) is 14.5. The molecular weight excluding hydrogens is 485 g/mol. The van der Waals surface area contributed by atoms with Gasteiger partial charge in [-0.25, -0.2) is 0 Å². The van der Waals surface area contributed by atoms with Crippen molar-refractivity contribution in [3.05, 3.63) is 11.1 Å². The zero-order valence-corrected chi connectivity index (χ0v) is 27.9. The summed E-state index contributed by atoms with van der Waals surface area (Å²) >= 11 is -0.0432. The molecule has 5 heteroatoms. The van der Waals surface area contributed by atoms with Crippen LogP contribution in [-0.4, -0.2) is 45.8 Å². The van der Waals surface area contributed by atoms with Crippen LogP contribution in [0.2, 0.25) is 64.2 Å². The third-order valence-electron chi connectivity index (χ3n) is 7.26. The van der Waals surface area contributed by atoms with E-state index in [2.05, 4.69) is 72.8 Å². The van der Waals surface area contributed by atoms with Gasteiger partial charge in [0.05, 0.1) is 0 Å². The van der Waals surface area contributed by atoms with Gasteiger partial charge in [-0.2, -0.15) is 0 Å². The molecule has 4 aliphatic carbocycles. The fraction of sp³-hybridized carbons (Fsp3) is 0.923. The Hall–Kier alpha value is 0.894. The first-order valence-electron chi connectivity index (χ1n) is 12.8. The maximum Gasteiger partial charge on any atom is 0.0379 e. The van der Waals surface area contributed by atoms with E-state index < -0.39 is 8.32 Å². The SMILES string of the molecule is CC1=C(C)C[C](O[Si](C)(C)C)(C23CC4CC(CC(C4)C2)C3)[Ge][CH2]1.C[Si](C)C.C[Si](C)C. The Bertz CT molecular complexity index is 576. The van der Waals surface area contributed by atoms with Crippen molar-refractivity contribution >= 4 is 41.3 Å². The normalized spacial score (nSPS) is 36.9. The van der Waals surface area contributed by atoms with Gasteiger partial charge >= 0.3 is 151 Å². The molecule has 0 spiro atoms. The van der Waals surface area contributed by atoms with Crippen molar-refractivity contribution in [3.63, 3.8) is 0 Å². The van der Waals surface area contributed by atoms with E-state index in [1.54, 1.807) is 30.4 Å². The largest absolute Gasteiger partial charge is 0.0715 e. The van der Waals surface area contributed by atoms with Crippen LogP contribution < -0.4 is 0 Å². The maximum atomic E-state index is 7.23. The third kappa shape index (κ3) is 7.69. The molecule has 0 amide bonds. The van der Waals surface area contributed by atoms with Crippen molar-refractivity contribution in [3.8, 4) is 0 Å². The average molecular weight is 538 g/mol. The van der Waals surface area contributed by atoms with Crippen LogP contribution in [0.4, 0.5) is 0 Å². The van der Waals surface area contributed by atoms with E-state index in [-0.39, 0.29) is 33.0 Å². The molecule has 0 N–H and O–H groups in total. The van der Waals surface area contributed by atoms with Crippen molar-refractivity contribution in [1.29, 1.82) is 0 Å². The van der Waals surface area contributed by atoms with Crippen LogP contribution in [-0.2, 0) is 4.43 Å². The molecule has 0 aromatic rings. The van der Waals surface area contributed by atoms with Gasteiger partial charge in [0.1, 0.15) is 0 Å². The summed E-state index contributed by atoms with van der Waals surface area (Å²) in [6.45, 7) is 25.7. The van der Waals surface area contributed by atoms with Crippen LogP contribution >= 0.6 is 0 Å². The number of rotatable bonds is 3. The molecule has 4 bridgehead atoms. The van der Waals surface area contributed by atoms with E-state index in [1.807, 2.05) is 0 Å². The summed E-state index contributed by atoms with van der Waals surface area (Å²) < 4.78 is 7.53. The van der Waals surface area contributed by atoms with Gasteiger partial charge < -0.3 is 0 Å². The molecule has 4 fully saturated rings. The zero-order valence-electron chi connectivity index (χ0n) is 22.8. The third-order valence-corrected chi connectivity index (χ3v) is 13.0. The van der Waals surface area contributed by atoms with Crippen LogP contribution in [0.25, 0.3) is 0 Å². The Morgan fingerprint density at radius 3 is 1.48 bits per heavy atom. The van der Waals surface area contributed by atoms with Crippen molar-refractivity contribution in [2.24, 2.45) is 23.2 Å². The van der Waals surface area contributed by atoms with Crippen LogP contribution in [0.15, 0.2) is 11.1 Å². The molecule has 4 radical (unpaired) electrons. The van der Waals surface area contributed by atoms with E-state index in [0.717, 1.165) is 17.8 Å². The van der Waals surface area contributed by atoms with Crippen molar-refractivity contribution in [2.45, 2.75) is 127 Å². The van der Waals surface area contributed by atoms with Gasteiger partial charge in [-0.3, -0.25) is 0 Å². The Labute approximate surface area is 206 Å². The molecule has 1 heterocycles. The van der Waals surface area contributed by atoms with Gasteiger partial charge in [-0.1, -0.05) is 39.3 Å². The molecule has 0 aromatic heterocycles. The standard InChI is InChI=1S/C20H34GeOSi.2C3H9Si/c1-14-9-20(21-13-15(14)2,22-23(3,4)5)19-10-16-6-17(11-19)8-18(7-16)12-19;2*1-4(2)3/h16-18H,6-13H2,1-5H3;2*1-3H3. The van der Waals surface area contributed by atoms with Gasteiger partial charge in [-0.05, 0) is 0 Å². The second-order valence-electron chi connectivity index (χ2n) is 13.3. The first-order valence-corrected chi connectivity index (χ1v) is 24.7. The monoisotopic (exact) mass is 538 g/mol. The topological polar surface area (TPSA) is 9.23 Å². The van der Waals surface area contributed by atoms with Crippen LogP contribution in [0, 0.1) is 23.2 Å². The predicted molar refractivity (Wildman–Crippen MR) is 148 cm³/mol.